The van der Waals surface area contributed by atoms with Crippen molar-refractivity contribution < 1.29 is 9.90 Å². The van der Waals surface area contributed by atoms with Gasteiger partial charge in [-0.1, -0.05) is 54.6 Å². The Kier molecular flexibility index (Phi) is 3.74. The minimum absolute atomic E-state index is 0.210. The molecule has 4 aromatic rings. The lowest BCUT2D eigenvalue weighted by Crippen LogP contribution is -2.53. The summed E-state index contributed by atoms with van der Waals surface area (Å²) >= 11 is 0. The van der Waals surface area contributed by atoms with Gasteiger partial charge in [0.2, 0.25) is 0 Å². The maximum absolute atomic E-state index is 13.2. The molecular formula is C22H17N3O3. The number of carbonyl (C=O) groups is 1. The molecule has 1 aliphatic rings. The molecule has 0 spiro atoms. The lowest BCUT2D eigenvalue weighted by atomic mass is 10.0. The molecule has 0 saturated carbocycles. The van der Waals surface area contributed by atoms with Crippen molar-refractivity contribution in [2.75, 3.05) is 13.1 Å². The number of β-amino-alcohol motifs (C(OH)–C–C–N with tert-alkyl or cyclic N) is 1. The topological polar surface area (TPSA) is 74.9 Å². The van der Waals surface area contributed by atoms with Gasteiger partial charge >= 0.3 is 0 Å². The fourth-order valence-corrected chi connectivity index (χ4v) is 3.70. The largest absolute Gasteiger partial charge is 0.389 e. The highest BCUT2D eigenvalue weighted by atomic mass is 16.3. The number of aliphatic hydroxyl groups excluding tert-OH is 1. The maximum Gasteiger partial charge on any atom is 0.279 e. The lowest BCUT2D eigenvalue weighted by Gasteiger charge is -2.36. The van der Waals surface area contributed by atoms with Gasteiger partial charge in [-0.05, 0) is 11.6 Å². The summed E-state index contributed by atoms with van der Waals surface area (Å²) in [5.74, 6) is -0.210. The van der Waals surface area contributed by atoms with E-state index < -0.39 is 6.10 Å². The minimum Gasteiger partial charge on any atom is -0.389 e. The van der Waals surface area contributed by atoms with Gasteiger partial charge in [-0.25, -0.2) is 0 Å². The van der Waals surface area contributed by atoms with Gasteiger partial charge in [0.05, 0.1) is 23.4 Å². The highest BCUT2D eigenvalue weighted by Crippen LogP contribution is 2.27. The van der Waals surface area contributed by atoms with Crippen LogP contribution in [0.1, 0.15) is 10.4 Å². The van der Waals surface area contributed by atoms with Crippen LogP contribution in [-0.2, 0) is 0 Å². The summed E-state index contributed by atoms with van der Waals surface area (Å²) in [7, 11) is 0. The predicted molar refractivity (Wildman–Crippen MR) is 106 cm³/mol. The summed E-state index contributed by atoms with van der Waals surface area (Å²) in [4.78, 5) is 28.0. The molecule has 0 atom stereocenters. The molecule has 1 N–H and O–H groups in total. The normalized spacial score (nSPS) is 14.4. The average Bonchev–Trinajstić information content (AvgIpc) is 2.71. The predicted octanol–water partition coefficient (Wildman–Crippen LogP) is 2.33. The van der Waals surface area contributed by atoms with E-state index in [1.807, 2.05) is 54.6 Å². The van der Waals surface area contributed by atoms with Crippen molar-refractivity contribution in [3.05, 3.63) is 82.8 Å². The number of amides is 1. The fraction of sp³-hybridized carbons (Fsp3) is 0.136. The third kappa shape index (κ3) is 2.50. The van der Waals surface area contributed by atoms with E-state index in [4.69, 9.17) is 0 Å². The van der Waals surface area contributed by atoms with Crippen molar-refractivity contribution >= 4 is 22.2 Å². The van der Waals surface area contributed by atoms with Gasteiger partial charge in [0, 0.05) is 29.4 Å². The summed E-state index contributed by atoms with van der Waals surface area (Å²) in [6.45, 7) is 0.589. The number of pyridine rings is 1. The molecule has 0 radical (unpaired) electrons. The summed E-state index contributed by atoms with van der Waals surface area (Å²) in [5.41, 5.74) is 1.79. The Labute approximate surface area is 160 Å². The third-order valence-electron chi connectivity index (χ3n) is 5.17. The zero-order valence-electron chi connectivity index (χ0n) is 14.9. The SMILES string of the molecule is O=C(c1cc(-c2ccccc2)c(=O)n2ncc3ccccc3c12)N1CC(O)C1. The van der Waals surface area contributed by atoms with Crippen LogP contribution in [0.25, 0.3) is 27.4 Å². The molecule has 0 unspecified atom stereocenters. The molecule has 1 saturated heterocycles. The van der Waals surface area contributed by atoms with Crippen LogP contribution in [0.2, 0.25) is 0 Å². The van der Waals surface area contributed by atoms with Crippen molar-refractivity contribution in [2.45, 2.75) is 6.10 Å². The molecule has 2 aromatic carbocycles. The van der Waals surface area contributed by atoms with E-state index in [0.717, 1.165) is 16.3 Å². The Morgan fingerprint density at radius 3 is 2.50 bits per heavy atom. The number of aliphatic hydroxyl groups is 1. The number of hydrogen-bond donors (Lipinski definition) is 1. The van der Waals surface area contributed by atoms with Gasteiger partial charge in [-0.15, -0.1) is 0 Å². The molecule has 1 fully saturated rings. The average molecular weight is 371 g/mol. The Balaban J connectivity index is 1.86. The van der Waals surface area contributed by atoms with E-state index in [0.29, 0.717) is 29.7 Å². The Hall–Kier alpha value is -3.51. The fourth-order valence-electron chi connectivity index (χ4n) is 3.70. The van der Waals surface area contributed by atoms with Crippen LogP contribution in [0.5, 0.6) is 0 Å². The van der Waals surface area contributed by atoms with Gasteiger partial charge in [0.25, 0.3) is 11.5 Å². The quantitative estimate of drug-likeness (QED) is 0.549. The van der Waals surface area contributed by atoms with E-state index in [1.54, 1.807) is 17.2 Å². The number of likely N-dealkylation sites (tertiary alicyclic amines) is 1. The van der Waals surface area contributed by atoms with Gasteiger partial charge < -0.3 is 10.0 Å². The van der Waals surface area contributed by atoms with Gasteiger partial charge in [-0.3, -0.25) is 9.59 Å². The maximum atomic E-state index is 13.2. The molecule has 3 heterocycles. The van der Waals surface area contributed by atoms with E-state index in [9.17, 15) is 14.7 Å². The molecule has 6 nitrogen and oxygen atoms in total. The van der Waals surface area contributed by atoms with Crippen molar-refractivity contribution in [3.63, 3.8) is 0 Å². The van der Waals surface area contributed by atoms with E-state index in [1.165, 1.54) is 4.52 Å². The van der Waals surface area contributed by atoms with Gasteiger partial charge in [0.1, 0.15) is 0 Å². The second kappa shape index (κ2) is 6.28. The molecule has 2 aromatic heterocycles. The second-order valence-electron chi connectivity index (χ2n) is 7.00. The number of nitrogens with zero attached hydrogens (tertiary/aromatic N) is 3. The number of aromatic nitrogens is 2. The first kappa shape index (κ1) is 16.6. The van der Waals surface area contributed by atoms with Crippen molar-refractivity contribution in [2.24, 2.45) is 0 Å². The van der Waals surface area contributed by atoms with Gasteiger partial charge in [-0.2, -0.15) is 9.61 Å². The number of hydrogen-bond acceptors (Lipinski definition) is 4. The van der Waals surface area contributed by atoms with Crippen LogP contribution < -0.4 is 5.56 Å². The molecule has 0 bridgehead atoms. The summed E-state index contributed by atoms with van der Waals surface area (Å²) in [5, 5.41) is 15.6. The number of rotatable bonds is 2. The zero-order chi connectivity index (χ0) is 19.3. The molecular weight excluding hydrogens is 354 g/mol. The highest BCUT2D eigenvalue weighted by molar-refractivity contribution is 6.10. The van der Waals surface area contributed by atoms with E-state index in [-0.39, 0.29) is 11.5 Å². The third-order valence-corrected chi connectivity index (χ3v) is 5.17. The van der Waals surface area contributed by atoms with Crippen molar-refractivity contribution in [1.82, 2.24) is 14.5 Å². The first-order valence-corrected chi connectivity index (χ1v) is 9.10. The van der Waals surface area contributed by atoms with Crippen LogP contribution in [0.3, 0.4) is 0 Å². The molecule has 0 aliphatic carbocycles. The lowest BCUT2D eigenvalue weighted by molar-refractivity contribution is 0.00600. The Morgan fingerprint density at radius 1 is 1.04 bits per heavy atom. The Bertz CT molecular complexity index is 1270. The number of benzene rings is 2. The first-order chi connectivity index (χ1) is 13.6. The van der Waals surface area contributed by atoms with Crippen molar-refractivity contribution in [3.8, 4) is 11.1 Å². The molecule has 6 heteroatoms. The summed E-state index contributed by atoms with van der Waals surface area (Å²) in [6.07, 6.45) is 1.14. The summed E-state index contributed by atoms with van der Waals surface area (Å²) in [6, 6.07) is 18.5. The molecule has 5 rings (SSSR count). The van der Waals surface area contributed by atoms with Crippen molar-refractivity contribution in [1.29, 1.82) is 0 Å². The van der Waals surface area contributed by atoms with Crippen LogP contribution in [0.4, 0.5) is 0 Å². The first-order valence-electron chi connectivity index (χ1n) is 9.10. The standard InChI is InChI=1S/C22H17N3O3/c26-16-12-24(13-16)21(27)19-10-18(14-6-2-1-3-7-14)22(28)25-20(19)17-9-5-4-8-15(17)11-23-25/h1-11,16,26H,12-13H2. The highest BCUT2D eigenvalue weighted by Gasteiger charge is 2.31. The number of carbonyl (C=O) groups excluding carboxylic acids is 1. The van der Waals surface area contributed by atoms with E-state index >= 15 is 0 Å². The van der Waals surface area contributed by atoms with Gasteiger partial charge in [0.15, 0.2) is 0 Å². The Morgan fingerprint density at radius 2 is 1.75 bits per heavy atom. The molecule has 1 amide bonds. The minimum atomic E-state index is -0.495. The second-order valence-corrected chi connectivity index (χ2v) is 7.00. The van der Waals surface area contributed by atoms with Crippen LogP contribution in [-0.4, -0.2) is 44.7 Å². The van der Waals surface area contributed by atoms with Crippen LogP contribution in [0.15, 0.2) is 71.7 Å². The monoisotopic (exact) mass is 371 g/mol. The number of fused-ring (bicyclic) bond motifs is 3. The molecule has 28 heavy (non-hydrogen) atoms. The molecule has 138 valence electrons. The van der Waals surface area contributed by atoms with Crippen LogP contribution >= 0.6 is 0 Å². The zero-order valence-corrected chi connectivity index (χ0v) is 14.9. The smallest absolute Gasteiger partial charge is 0.279 e. The van der Waals surface area contributed by atoms with Crippen LogP contribution in [0, 0.1) is 0 Å². The molecule has 1 aliphatic heterocycles. The van der Waals surface area contributed by atoms with E-state index in [2.05, 4.69) is 5.10 Å². The summed E-state index contributed by atoms with van der Waals surface area (Å²) < 4.78 is 1.31.